The topological polar surface area (TPSA) is 35.5 Å². The Kier molecular flexibility index (Phi) is 8.92. The fourth-order valence-electron chi connectivity index (χ4n) is 7.35. The number of hydrogen-bond donors (Lipinski definition) is 0. The third kappa shape index (κ3) is 5.71. The minimum Gasteiger partial charge on any atom is -0.496 e. The van der Waals surface area contributed by atoms with Gasteiger partial charge in [-0.05, 0) is 89.6 Å². The van der Waals surface area contributed by atoms with Crippen LogP contribution >= 0.6 is 7.92 Å². The van der Waals surface area contributed by atoms with Crippen molar-refractivity contribution in [3.05, 3.63) is 137 Å². The van der Waals surface area contributed by atoms with Gasteiger partial charge in [-0.15, -0.1) is 0 Å². The van der Waals surface area contributed by atoms with Gasteiger partial charge in [-0.25, -0.2) is 0 Å². The van der Waals surface area contributed by atoms with E-state index < -0.39 is 7.92 Å². The molecule has 0 saturated carbocycles. The monoisotopic (exact) mass is 612 g/mol. The Labute approximate surface area is 269 Å². The molecule has 0 radical (unpaired) electrons. The maximum Gasteiger partial charge on any atom is 0.134 e. The first-order chi connectivity index (χ1) is 21.8. The lowest BCUT2D eigenvalue weighted by atomic mass is 9.90. The molecule has 0 spiro atoms. The fraction of sp³-hybridized carbons (Fsp3) is 0.244. The third-order valence-corrected chi connectivity index (χ3v) is 12.6. The van der Waals surface area contributed by atoms with Gasteiger partial charge in [0.1, 0.15) is 17.3 Å². The van der Waals surface area contributed by atoms with E-state index in [1.165, 1.54) is 49.8 Å². The molecular formula is C41H41O3P. The summed E-state index contributed by atoms with van der Waals surface area (Å²) in [7, 11) is 2.43. The molecule has 0 aliphatic carbocycles. The van der Waals surface area contributed by atoms with Crippen LogP contribution in [0.1, 0.15) is 57.5 Å². The molecule has 2 atom stereocenters. The molecule has 5 aromatic carbocycles. The van der Waals surface area contributed by atoms with Gasteiger partial charge in [0.25, 0.3) is 0 Å². The highest BCUT2D eigenvalue weighted by atomic mass is 31.1. The highest BCUT2D eigenvalue weighted by molar-refractivity contribution is 7.67. The summed E-state index contributed by atoms with van der Waals surface area (Å²) < 4.78 is 12.0. The van der Waals surface area contributed by atoms with Crippen LogP contribution < -0.4 is 14.8 Å². The summed E-state index contributed by atoms with van der Waals surface area (Å²) in [5.41, 5.74) is 12.2. The number of Topliss-reactive ketones (excluding diaryl/α,β-unsaturated/α-hetero) is 1. The molecule has 0 bridgehead atoms. The Hall–Kier alpha value is -4.20. The van der Waals surface area contributed by atoms with Crippen LogP contribution in [0.3, 0.4) is 0 Å². The number of rotatable bonds is 7. The van der Waals surface area contributed by atoms with Crippen LogP contribution in [0, 0.1) is 27.7 Å². The molecular weight excluding hydrogens is 571 g/mol. The molecule has 1 aliphatic rings. The Morgan fingerprint density at radius 2 is 0.911 bits per heavy atom. The number of carbonyl (C=O) groups excluding carboxylic acids is 1. The van der Waals surface area contributed by atoms with Crippen molar-refractivity contribution in [2.75, 3.05) is 14.2 Å². The van der Waals surface area contributed by atoms with Gasteiger partial charge in [-0.3, -0.25) is 4.79 Å². The maximum atomic E-state index is 13.9. The van der Waals surface area contributed by atoms with E-state index in [0.717, 1.165) is 22.6 Å². The molecule has 5 aromatic rings. The lowest BCUT2D eigenvalue weighted by Gasteiger charge is -2.42. The van der Waals surface area contributed by atoms with Crippen LogP contribution in [0.4, 0.5) is 0 Å². The summed E-state index contributed by atoms with van der Waals surface area (Å²) in [6, 6.07) is 36.5. The summed E-state index contributed by atoms with van der Waals surface area (Å²) in [5, 5.41) is 1.35. The molecule has 0 aromatic heterocycles. The minimum atomic E-state index is -1.04. The average Bonchev–Trinajstić information content (AvgIpc) is 3.04. The molecule has 45 heavy (non-hydrogen) atoms. The summed E-state index contributed by atoms with van der Waals surface area (Å²) in [6.45, 7) is 8.85. The molecule has 0 amide bonds. The van der Waals surface area contributed by atoms with Crippen molar-refractivity contribution in [1.29, 1.82) is 0 Å². The number of carbonyl (C=O) groups is 1. The molecule has 3 nitrogen and oxygen atoms in total. The Morgan fingerprint density at radius 3 is 1.31 bits per heavy atom. The molecule has 228 valence electrons. The van der Waals surface area contributed by atoms with E-state index in [9.17, 15) is 4.79 Å². The van der Waals surface area contributed by atoms with E-state index in [4.69, 9.17) is 9.47 Å². The van der Waals surface area contributed by atoms with Gasteiger partial charge in [-0.2, -0.15) is 0 Å². The van der Waals surface area contributed by atoms with Crippen LogP contribution in [0.5, 0.6) is 11.5 Å². The summed E-state index contributed by atoms with van der Waals surface area (Å²) in [5.74, 6) is 1.95. The number of para-hydroxylation sites is 2. The highest BCUT2D eigenvalue weighted by Gasteiger charge is 2.43. The van der Waals surface area contributed by atoms with Crippen LogP contribution in [0.2, 0.25) is 0 Å². The molecule has 1 heterocycles. The summed E-state index contributed by atoms with van der Waals surface area (Å²) in [6.07, 6.45) is 0.954. The predicted octanol–water partition coefficient (Wildman–Crippen LogP) is 10.2. The van der Waals surface area contributed by atoms with E-state index in [2.05, 4.69) is 107 Å². The number of benzene rings is 5. The van der Waals surface area contributed by atoms with Crippen molar-refractivity contribution in [3.8, 4) is 33.8 Å². The summed E-state index contributed by atoms with van der Waals surface area (Å²) >= 11 is 0. The van der Waals surface area contributed by atoms with E-state index in [-0.39, 0.29) is 17.1 Å². The first kappa shape index (κ1) is 30.8. The molecule has 4 heteroatoms. The number of aryl methyl sites for hydroxylation is 4. The molecule has 6 rings (SSSR count). The Bertz CT molecular complexity index is 1700. The molecule has 1 aliphatic heterocycles. The van der Waals surface area contributed by atoms with E-state index in [1.807, 2.05) is 24.3 Å². The van der Waals surface area contributed by atoms with Gasteiger partial charge in [0.2, 0.25) is 0 Å². The van der Waals surface area contributed by atoms with Crippen LogP contribution in [-0.4, -0.2) is 20.0 Å². The van der Waals surface area contributed by atoms with Gasteiger partial charge in [0.15, 0.2) is 0 Å². The van der Waals surface area contributed by atoms with Crippen molar-refractivity contribution in [1.82, 2.24) is 0 Å². The molecule has 1 fully saturated rings. The zero-order valence-corrected chi connectivity index (χ0v) is 28.0. The number of ketones is 1. The van der Waals surface area contributed by atoms with Crippen LogP contribution in [-0.2, 0) is 4.79 Å². The highest BCUT2D eigenvalue weighted by Crippen LogP contribution is 2.69. The zero-order valence-electron chi connectivity index (χ0n) is 27.1. The first-order valence-electron chi connectivity index (χ1n) is 15.7. The Morgan fingerprint density at radius 1 is 0.533 bits per heavy atom. The largest absolute Gasteiger partial charge is 0.496 e. The van der Waals surface area contributed by atoms with Gasteiger partial charge >= 0.3 is 0 Å². The maximum absolute atomic E-state index is 13.9. The fourth-order valence-corrected chi connectivity index (χ4v) is 11.2. The second-order valence-electron chi connectivity index (χ2n) is 12.1. The second kappa shape index (κ2) is 13.0. The minimum absolute atomic E-state index is 0.0409. The normalized spacial score (nSPS) is 18.1. The average molecular weight is 613 g/mol. The van der Waals surface area contributed by atoms with E-state index in [1.54, 1.807) is 14.2 Å². The lowest BCUT2D eigenvalue weighted by molar-refractivity contribution is -0.119. The smallest absolute Gasteiger partial charge is 0.134 e. The quantitative estimate of drug-likeness (QED) is 0.172. The first-order valence-corrected chi connectivity index (χ1v) is 17.1. The van der Waals surface area contributed by atoms with Crippen molar-refractivity contribution >= 4 is 19.0 Å². The van der Waals surface area contributed by atoms with Gasteiger partial charge in [0.05, 0.1) is 14.2 Å². The Balaban J connectivity index is 1.77. The third-order valence-electron chi connectivity index (χ3n) is 9.30. The standard InChI is InChI=1S/C41H41O3P/c1-26-14-11-15-27(2)39(26)33-20-13-21-34(40-28(3)16-12-17-29(40)4)41(33)45-37(31-18-7-9-22-35(31)43-5)24-30(42)25-38(45)32-19-8-10-23-36(32)44-6/h7-23,37-38H,24-25H2,1-6H3. The van der Waals surface area contributed by atoms with Crippen LogP contribution in [0.15, 0.2) is 103 Å². The number of methoxy groups -OCH3 is 2. The lowest BCUT2D eigenvalue weighted by Crippen LogP contribution is -2.26. The zero-order chi connectivity index (χ0) is 31.7. The summed E-state index contributed by atoms with van der Waals surface area (Å²) in [4.78, 5) is 13.9. The van der Waals surface area contributed by atoms with Gasteiger partial charge in [-0.1, -0.05) is 98.9 Å². The van der Waals surface area contributed by atoms with Crippen molar-refractivity contribution in [2.24, 2.45) is 0 Å². The molecule has 2 unspecified atom stereocenters. The number of ether oxygens (including phenoxy) is 2. The van der Waals surface area contributed by atoms with Crippen molar-refractivity contribution in [3.63, 3.8) is 0 Å². The molecule has 1 saturated heterocycles. The van der Waals surface area contributed by atoms with Gasteiger partial charge < -0.3 is 9.47 Å². The predicted molar refractivity (Wildman–Crippen MR) is 189 cm³/mol. The van der Waals surface area contributed by atoms with Crippen molar-refractivity contribution in [2.45, 2.75) is 51.9 Å². The second-order valence-corrected chi connectivity index (χ2v) is 14.6. The van der Waals surface area contributed by atoms with Crippen LogP contribution in [0.25, 0.3) is 22.3 Å². The SMILES string of the molecule is COc1ccccc1C1CC(=O)CC(c2ccccc2OC)P1c1c(-c2c(C)cccc2C)cccc1-c1c(C)cccc1C. The number of hydrogen-bond acceptors (Lipinski definition) is 3. The molecule has 0 N–H and O–H groups in total. The van der Waals surface area contributed by atoms with E-state index in [0.29, 0.717) is 12.8 Å². The van der Waals surface area contributed by atoms with E-state index >= 15 is 0 Å². The van der Waals surface area contributed by atoms with Gasteiger partial charge in [0, 0.05) is 35.3 Å². The van der Waals surface area contributed by atoms with Crippen molar-refractivity contribution < 1.29 is 14.3 Å².